The van der Waals surface area contributed by atoms with Crippen LogP contribution in [0.1, 0.15) is 43.1 Å². The lowest BCUT2D eigenvalue weighted by Gasteiger charge is -2.22. The van der Waals surface area contributed by atoms with Crippen molar-refractivity contribution in [1.82, 2.24) is 20.4 Å². The topological polar surface area (TPSA) is 80.5 Å². The van der Waals surface area contributed by atoms with Gasteiger partial charge in [0, 0.05) is 19.7 Å². The fourth-order valence-corrected chi connectivity index (χ4v) is 2.99. The Morgan fingerprint density at radius 1 is 1.40 bits per heavy atom. The summed E-state index contributed by atoms with van der Waals surface area (Å²) in [5.74, 6) is 1.01. The monoisotopic (exact) mass is 344 g/mol. The van der Waals surface area contributed by atoms with Crippen LogP contribution in [0.3, 0.4) is 0 Å². The molecule has 1 aliphatic rings. The van der Waals surface area contributed by atoms with Gasteiger partial charge in [0.15, 0.2) is 5.82 Å². The molecule has 1 aliphatic heterocycles. The summed E-state index contributed by atoms with van der Waals surface area (Å²) < 4.78 is 10.5. The number of amides is 2. The average Bonchev–Trinajstić information content (AvgIpc) is 3.30. The Bertz CT molecular complexity index is 674. The predicted octanol–water partition coefficient (Wildman–Crippen LogP) is 2.70. The first-order valence-corrected chi connectivity index (χ1v) is 8.76. The zero-order chi connectivity index (χ0) is 17.5. The molecule has 1 fully saturated rings. The summed E-state index contributed by atoms with van der Waals surface area (Å²) in [4.78, 5) is 18.7. The van der Waals surface area contributed by atoms with Crippen LogP contribution in [0.25, 0.3) is 0 Å². The van der Waals surface area contributed by atoms with Crippen LogP contribution in [0.2, 0.25) is 0 Å². The number of urea groups is 1. The third-order valence-corrected chi connectivity index (χ3v) is 4.26. The first-order chi connectivity index (χ1) is 12.3. The van der Waals surface area contributed by atoms with E-state index < -0.39 is 0 Å². The second-order valence-corrected chi connectivity index (χ2v) is 6.00. The number of nitrogens with one attached hydrogen (secondary N) is 1. The SMILES string of the molecule is CCOCc1nc(C2CCCN2C(=O)NCCc2ccccc2)no1. The Morgan fingerprint density at radius 3 is 3.04 bits per heavy atom. The van der Waals surface area contributed by atoms with Crippen LogP contribution < -0.4 is 5.32 Å². The highest BCUT2D eigenvalue weighted by Gasteiger charge is 2.33. The molecule has 0 saturated carbocycles. The Kier molecular flexibility index (Phi) is 6.00. The normalized spacial score (nSPS) is 17.0. The van der Waals surface area contributed by atoms with E-state index in [2.05, 4.69) is 27.6 Å². The molecule has 1 atom stereocenters. The lowest BCUT2D eigenvalue weighted by Crippen LogP contribution is -2.40. The smallest absolute Gasteiger partial charge is 0.318 e. The first kappa shape index (κ1) is 17.4. The third kappa shape index (κ3) is 4.57. The highest BCUT2D eigenvalue weighted by molar-refractivity contribution is 5.75. The van der Waals surface area contributed by atoms with Gasteiger partial charge in [-0.3, -0.25) is 0 Å². The number of aromatic nitrogens is 2. The number of nitrogens with zero attached hydrogens (tertiary/aromatic N) is 3. The highest BCUT2D eigenvalue weighted by Crippen LogP contribution is 2.30. The molecule has 2 heterocycles. The molecule has 0 radical (unpaired) electrons. The van der Waals surface area contributed by atoms with E-state index in [1.165, 1.54) is 5.56 Å². The van der Waals surface area contributed by atoms with Crippen molar-refractivity contribution in [3.63, 3.8) is 0 Å². The van der Waals surface area contributed by atoms with E-state index in [9.17, 15) is 4.79 Å². The third-order valence-electron chi connectivity index (χ3n) is 4.26. The maximum absolute atomic E-state index is 12.5. The molecule has 1 N–H and O–H groups in total. The molecule has 134 valence electrons. The van der Waals surface area contributed by atoms with Crippen LogP contribution in [0.5, 0.6) is 0 Å². The van der Waals surface area contributed by atoms with Crippen molar-refractivity contribution < 1.29 is 14.1 Å². The zero-order valence-corrected chi connectivity index (χ0v) is 14.5. The van der Waals surface area contributed by atoms with Crippen molar-refractivity contribution >= 4 is 6.03 Å². The van der Waals surface area contributed by atoms with Gasteiger partial charge in [-0.15, -0.1) is 0 Å². The van der Waals surface area contributed by atoms with Crippen LogP contribution in [0.15, 0.2) is 34.9 Å². The minimum absolute atomic E-state index is 0.0745. The second kappa shape index (κ2) is 8.62. The molecule has 7 nitrogen and oxygen atoms in total. The Labute approximate surface area is 147 Å². The van der Waals surface area contributed by atoms with Gasteiger partial charge in [0.2, 0.25) is 0 Å². The lowest BCUT2D eigenvalue weighted by atomic mass is 10.1. The van der Waals surface area contributed by atoms with Gasteiger partial charge in [-0.2, -0.15) is 4.98 Å². The van der Waals surface area contributed by atoms with E-state index in [1.54, 1.807) is 4.90 Å². The molecule has 0 spiro atoms. The van der Waals surface area contributed by atoms with E-state index in [0.29, 0.717) is 38.0 Å². The van der Waals surface area contributed by atoms with E-state index in [-0.39, 0.29) is 12.1 Å². The molecule has 1 saturated heterocycles. The van der Waals surface area contributed by atoms with Gasteiger partial charge in [-0.1, -0.05) is 35.5 Å². The molecule has 3 rings (SSSR count). The Hall–Kier alpha value is -2.41. The van der Waals surface area contributed by atoms with Crippen molar-refractivity contribution in [2.75, 3.05) is 19.7 Å². The quantitative estimate of drug-likeness (QED) is 0.835. The fourth-order valence-electron chi connectivity index (χ4n) is 2.99. The molecule has 2 amide bonds. The summed E-state index contributed by atoms with van der Waals surface area (Å²) in [6, 6.07) is 9.91. The van der Waals surface area contributed by atoms with Crippen molar-refractivity contribution in [2.45, 2.75) is 38.8 Å². The Morgan fingerprint density at radius 2 is 2.24 bits per heavy atom. The van der Waals surface area contributed by atoms with Crippen molar-refractivity contribution in [3.05, 3.63) is 47.6 Å². The number of benzene rings is 1. The largest absolute Gasteiger partial charge is 0.372 e. The van der Waals surface area contributed by atoms with Crippen molar-refractivity contribution in [3.8, 4) is 0 Å². The molecule has 2 aromatic rings. The fraction of sp³-hybridized carbons (Fsp3) is 0.500. The maximum Gasteiger partial charge on any atom is 0.318 e. The number of ether oxygens (including phenoxy) is 1. The number of rotatable bonds is 7. The zero-order valence-electron chi connectivity index (χ0n) is 14.5. The van der Waals surface area contributed by atoms with Crippen molar-refractivity contribution in [2.24, 2.45) is 0 Å². The molecule has 1 aromatic heterocycles. The molecule has 0 aliphatic carbocycles. The van der Waals surface area contributed by atoms with Gasteiger partial charge in [0.25, 0.3) is 5.89 Å². The summed E-state index contributed by atoms with van der Waals surface area (Å²) in [6.07, 6.45) is 2.59. The van der Waals surface area contributed by atoms with E-state index in [4.69, 9.17) is 9.26 Å². The molecule has 7 heteroatoms. The summed E-state index contributed by atoms with van der Waals surface area (Å²) in [5.41, 5.74) is 1.21. The summed E-state index contributed by atoms with van der Waals surface area (Å²) in [6.45, 7) is 4.12. The lowest BCUT2D eigenvalue weighted by molar-refractivity contribution is 0.109. The molecule has 0 bridgehead atoms. The minimum Gasteiger partial charge on any atom is -0.372 e. The highest BCUT2D eigenvalue weighted by atomic mass is 16.5. The molecule has 25 heavy (non-hydrogen) atoms. The van der Waals surface area contributed by atoms with Crippen LogP contribution in [-0.2, 0) is 17.8 Å². The van der Waals surface area contributed by atoms with Crippen molar-refractivity contribution in [1.29, 1.82) is 0 Å². The first-order valence-electron chi connectivity index (χ1n) is 8.76. The van der Waals surface area contributed by atoms with E-state index in [0.717, 1.165) is 19.3 Å². The number of carbonyl (C=O) groups excluding carboxylic acids is 1. The van der Waals surface area contributed by atoms with Crippen LogP contribution in [0, 0.1) is 0 Å². The maximum atomic E-state index is 12.5. The predicted molar refractivity (Wildman–Crippen MR) is 91.9 cm³/mol. The van der Waals surface area contributed by atoms with E-state index >= 15 is 0 Å². The number of hydrogen-bond donors (Lipinski definition) is 1. The molecular weight excluding hydrogens is 320 g/mol. The van der Waals surface area contributed by atoms with Gasteiger partial charge in [-0.25, -0.2) is 4.79 Å². The van der Waals surface area contributed by atoms with Crippen LogP contribution >= 0.6 is 0 Å². The van der Waals surface area contributed by atoms with E-state index in [1.807, 2.05) is 25.1 Å². The Balaban J connectivity index is 1.53. The van der Waals surface area contributed by atoms with Gasteiger partial charge in [0.1, 0.15) is 6.61 Å². The standard InChI is InChI=1S/C18H24N4O3/c1-2-24-13-16-20-17(21-25-16)15-9-6-12-22(15)18(23)19-11-10-14-7-4-3-5-8-14/h3-5,7-8,15H,2,6,9-13H2,1H3,(H,19,23). The second-order valence-electron chi connectivity index (χ2n) is 6.00. The van der Waals surface area contributed by atoms with Crippen LogP contribution in [0.4, 0.5) is 4.79 Å². The summed E-state index contributed by atoms with van der Waals surface area (Å²) in [7, 11) is 0. The number of carbonyl (C=O) groups is 1. The molecule has 1 aromatic carbocycles. The average molecular weight is 344 g/mol. The number of likely N-dealkylation sites (tertiary alicyclic amines) is 1. The van der Waals surface area contributed by atoms with Gasteiger partial charge < -0.3 is 19.5 Å². The molecular formula is C18H24N4O3. The summed E-state index contributed by atoms with van der Waals surface area (Å²) in [5, 5.41) is 7.01. The molecule has 1 unspecified atom stereocenters. The summed E-state index contributed by atoms with van der Waals surface area (Å²) >= 11 is 0. The van der Waals surface area contributed by atoms with Gasteiger partial charge >= 0.3 is 6.03 Å². The minimum atomic E-state index is -0.129. The van der Waals surface area contributed by atoms with Crippen LogP contribution in [-0.4, -0.2) is 40.8 Å². The number of hydrogen-bond acceptors (Lipinski definition) is 5. The van der Waals surface area contributed by atoms with Gasteiger partial charge in [0.05, 0.1) is 6.04 Å². The van der Waals surface area contributed by atoms with Gasteiger partial charge in [-0.05, 0) is 31.7 Å².